The molecular formula is C11H9ClFNO4S. The fourth-order valence-electron chi connectivity index (χ4n) is 1.35. The number of hydrogen-bond donors (Lipinski definition) is 2. The van der Waals surface area contributed by atoms with Gasteiger partial charge in [-0.2, -0.15) is 8.42 Å². The van der Waals surface area contributed by atoms with Crippen LogP contribution in [0.25, 0.3) is 0 Å². The number of rotatable bonds is 4. The van der Waals surface area contributed by atoms with Crippen molar-refractivity contribution >= 4 is 27.3 Å². The molecule has 0 aliphatic rings. The van der Waals surface area contributed by atoms with Gasteiger partial charge in [0.15, 0.2) is 0 Å². The minimum Gasteiger partial charge on any atom is -0.445 e. The van der Waals surface area contributed by atoms with Gasteiger partial charge in [-0.25, -0.2) is 4.39 Å². The molecule has 0 atom stereocenters. The van der Waals surface area contributed by atoms with Gasteiger partial charge in [-0.3, -0.25) is 4.72 Å². The number of benzene rings is 1. The van der Waals surface area contributed by atoms with Gasteiger partial charge in [0.2, 0.25) is 5.09 Å². The van der Waals surface area contributed by atoms with Crippen molar-refractivity contribution in [1.82, 2.24) is 0 Å². The van der Waals surface area contributed by atoms with Crippen molar-refractivity contribution < 1.29 is 22.3 Å². The highest BCUT2D eigenvalue weighted by molar-refractivity contribution is 7.92. The molecule has 2 N–H and O–H groups in total. The zero-order valence-corrected chi connectivity index (χ0v) is 11.0. The summed E-state index contributed by atoms with van der Waals surface area (Å²) in [6.07, 6.45) is 0. The summed E-state index contributed by atoms with van der Waals surface area (Å²) in [5, 5.41) is 8.32. The Balaban J connectivity index is 2.28. The smallest absolute Gasteiger partial charge is 0.295 e. The van der Waals surface area contributed by atoms with E-state index in [2.05, 4.69) is 4.72 Å². The maximum absolute atomic E-state index is 13.2. The molecule has 0 aliphatic carbocycles. The number of hydrogen-bond acceptors (Lipinski definition) is 4. The molecule has 5 nitrogen and oxygen atoms in total. The van der Waals surface area contributed by atoms with Gasteiger partial charge < -0.3 is 9.52 Å². The Hall–Kier alpha value is -1.57. The molecule has 102 valence electrons. The van der Waals surface area contributed by atoms with Crippen molar-refractivity contribution in [3.05, 3.63) is 46.9 Å². The van der Waals surface area contributed by atoms with Crippen LogP contribution in [0.15, 0.2) is 39.8 Å². The van der Waals surface area contributed by atoms with Crippen LogP contribution in [0.3, 0.4) is 0 Å². The van der Waals surface area contributed by atoms with Gasteiger partial charge in [-0.1, -0.05) is 11.6 Å². The fourth-order valence-corrected chi connectivity index (χ4v) is 2.47. The molecule has 0 amide bonds. The SMILES string of the molecule is O=S(=O)(Nc1ccc(Cl)c(F)c1)c1ccc(CO)o1. The van der Waals surface area contributed by atoms with Gasteiger partial charge in [0, 0.05) is 0 Å². The van der Waals surface area contributed by atoms with Crippen molar-refractivity contribution in [3.63, 3.8) is 0 Å². The Morgan fingerprint density at radius 1 is 1.32 bits per heavy atom. The molecule has 0 unspecified atom stereocenters. The van der Waals surface area contributed by atoms with E-state index in [4.69, 9.17) is 21.1 Å². The lowest BCUT2D eigenvalue weighted by atomic mass is 10.3. The topological polar surface area (TPSA) is 79.5 Å². The zero-order chi connectivity index (χ0) is 14.0. The van der Waals surface area contributed by atoms with Gasteiger partial charge in [-0.05, 0) is 30.3 Å². The molecule has 0 fully saturated rings. The van der Waals surface area contributed by atoms with Gasteiger partial charge in [0.05, 0.1) is 10.7 Å². The summed E-state index contributed by atoms with van der Waals surface area (Å²) in [6.45, 7) is -0.412. The van der Waals surface area contributed by atoms with Gasteiger partial charge in [0.1, 0.15) is 18.2 Å². The Labute approximate surface area is 113 Å². The predicted molar refractivity (Wildman–Crippen MR) is 66.8 cm³/mol. The first kappa shape index (κ1) is 13.9. The van der Waals surface area contributed by atoms with Crippen LogP contribution in [0.4, 0.5) is 10.1 Å². The highest BCUT2D eigenvalue weighted by atomic mass is 35.5. The van der Waals surface area contributed by atoms with Crippen LogP contribution in [-0.2, 0) is 16.6 Å². The van der Waals surface area contributed by atoms with E-state index in [1.165, 1.54) is 24.3 Å². The van der Waals surface area contributed by atoms with E-state index in [-0.39, 0.29) is 21.6 Å². The second kappa shape index (κ2) is 5.20. The molecule has 1 aromatic carbocycles. The van der Waals surface area contributed by atoms with Crippen molar-refractivity contribution in [3.8, 4) is 0 Å². The van der Waals surface area contributed by atoms with Crippen LogP contribution in [0.5, 0.6) is 0 Å². The van der Waals surface area contributed by atoms with Crippen molar-refractivity contribution in [1.29, 1.82) is 0 Å². The second-order valence-corrected chi connectivity index (χ2v) is 5.63. The van der Waals surface area contributed by atoms with E-state index < -0.39 is 22.4 Å². The molecule has 0 aliphatic heterocycles. The minimum atomic E-state index is -3.97. The number of anilines is 1. The number of furan rings is 1. The molecule has 8 heteroatoms. The van der Waals surface area contributed by atoms with Crippen LogP contribution in [0.2, 0.25) is 5.02 Å². The van der Waals surface area contributed by atoms with Crippen molar-refractivity contribution in [2.24, 2.45) is 0 Å². The molecule has 1 heterocycles. The fraction of sp³-hybridized carbons (Fsp3) is 0.0909. The first-order chi connectivity index (χ1) is 8.92. The highest BCUT2D eigenvalue weighted by Gasteiger charge is 2.19. The Kier molecular flexibility index (Phi) is 3.79. The van der Waals surface area contributed by atoms with Crippen LogP contribution in [-0.4, -0.2) is 13.5 Å². The normalized spacial score (nSPS) is 11.5. The quantitative estimate of drug-likeness (QED) is 0.909. The van der Waals surface area contributed by atoms with E-state index in [1.54, 1.807) is 0 Å². The maximum atomic E-state index is 13.2. The third-order valence-corrected chi connectivity index (χ3v) is 3.79. The van der Waals surface area contributed by atoms with E-state index in [9.17, 15) is 12.8 Å². The average molecular weight is 306 g/mol. The third-order valence-electron chi connectivity index (χ3n) is 2.23. The third kappa shape index (κ3) is 3.06. The predicted octanol–water partition coefficient (Wildman–Crippen LogP) is 2.37. The molecule has 0 saturated carbocycles. The second-order valence-electron chi connectivity index (χ2n) is 3.61. The first-order valence-electron chi connectivity index (χ1n) is 5.10. The van der Waals surface area contributed by atoms with Gasteiger partial charge in [-0.15, -0.1) is 0 Å². The standard InChI is InChI=1S/C11H9ClFNO4S/c12-9-3-1-7(5-10(9)13)14-19(16,17)11-4-2-8(6-15)18-11/h1-5,14-15H,6H2. The van der Waals surface area contributed by atoms with Crippen molar-refractivity contribution in [2.45, 2.75) is 11.7 Å². The van der Waals surface area contributed by atoms with E-state index >= 15 is 0 Å². The monoisotopic (exact) mass is 305 g/mol. The Bertz CT molecular complexity index is 698. The minimum absolute atomic E-state index is 0.0175. The largest absolute Gasteiger partial charge is 0.445 e. The van der Waals surface area contributed by atoms with Crippen LogP contribution in [0.1, 0.15) is 5.76 Å². The molecule has 19 heavy (non-hydrogen) atoms. The average Bonchev–Trinajstić information content (AvgIpc) is 2.83. The van der Waals surface area contributed by atoms with Crippen molar-refractivity contribution in [2.75, 3.05) is 4.72 Å². The molecule has 0 bridgehead atoms. The highest BCUT2D eigenvalue weighted by Crippen LogP contribution is 2.22. The summed E-state index contributed by atoms with van der Waals surface area (Å²) in [5.41, 5.74) is 0.0175. The molecular weight excluding hydrogens is 297 g/mol. The number of sulfonamides is 1. The Morgan fingerprint density at radius 2 is 2.05 bits per heavy atom. The summed E-state index contributed by atoms with van der Waals surface area (Å²) in [4.78, 5) is 0. The number of aliphatic hydroxyl groups is 1. The van der Waals surface area contributed by atoms with E-state index in [0.717, 1.165) is 6.07 Å². The first-order valence-corrected chi connectivity index (χ1v) is 6.96. The van der Waals surface area contributed by atoms with E-state index in [0.29, 0.717) is 0 Å². The Morgan fingerprint density at radius 3 is 2.63 bits per heavy atom. The summed E-state index contributed by atoms with van der Waals surface area (Å²) >= 11 is 5.49. The molecule has 0 spiro atoms. The molecule has 2 aromatic rings. The zero-order valence-electron chi connectivity index (χ0n) is 9.43. The summed E-state index contributed by atoms with van der Waals surface area (Å²) < 4.78 is 44.0. The number of nitrogens with one attached hydrogen (secondary N) is 1. The lowest BCUT2D eigenvalue weighted by Gasteiger charge is -2.06. The van der Waals surface area contributed by atoms with Gasteiger partial charge >= 0.3 is 0 Å². The summed E-state index contributed by atoms with van der Waals surface area (Å²) in [7, 11) is -3.97. The lowest BCUT2D eigenvalue weighted by molar-refractivity contribution is 0.236. The van der Waals surface area contributed by atoms with Gasteiger partial charge in [0.25, 0.3) is 10.0 Å². The molecule has 0 radical (unpaired) electrons. The number of aliphatic hydroxyl groups excluding tert-OH is 1. The maximum Gasteiger partial charge on any atom is 0.295 e. The van der Waals surface area contributed by atoms with Crippen LogP contribution < -0.4 is 4.72 Å². The lowest BCUT2D eigenvalue weighted by Crippen LogP contribution is -2.12. The molecule has 1 aromatic heterocycles. The number of halogens is 2. The van der Waals surface area contributed by atoms with Crippen LogP contribution in [0, 0.1) is 5.82 Å². The summed E-state index contributed by atoms with van der Waals surface area (Å²) in [6, 6.07) is 6.03. The van der Waals surface area contributed by atoms with E-state index in [1.807, 2.05) is 0 Å². The van der Waals surface area contributed by atoms with Crippen LogP contribution >= 0.6 is 11.6 Å². The summed E-state index contributed by atoms with van der Waals surface area (Å²) in [5.74, 6) is -0.625. The molecule has 2 rings (SSSR count). The molecule has 0 saturated heterocycles.